The molecule has 2 aromatic heterocycles. The van der Waals surface area contributed by atoms with Crippen molar-refractivity contribution in [3.8, 4) is 0 Å². The van der Waals surface area contributed by atoms with Crippen LogP contribution in [0.2, 0.25) is 0 Å². The third-order valence-corrected chi connectivity index (χ3v) is 5.79. The van der Waals surface area contributed by atoms with Gasteiger partial charge in [-0.25, -0.2) is 4.98 Å². The molecule has 1 atom stereocenters. The maximum atomic E-state index is 13.5. The number of piperidine rings is 1. The summed E-state index contributed by atoms with van der Waals surface area (Å²) in [6.45, 7) is 2.56. The molecule has 1 aliphatic heterocycles. The molecule has 0 saturated carbocycles. The number of amides is 1. The normalized spacial score (nSPS) is 21.4. The van der Waals surface area contributed by atoms with E-state index in [0.717, 1.165) is 25.3 Å². The molecular formula is C20H22F3N3O2. The fraction of sp³-hybridized carbons (Fsp3) is 0.550. The van der Waals surface area contributed by atoms with Crippen molar-refractivity contribution in [1.82, 2.24) is 15.0 Å². The highest BCUT2D eigenvalue weighted by atomic mass is 19.4. The molecule has 0 N–H and O–H groups in total. The molecule has 0 radical (unpaired) electrons. The summed E-state index contributed by atoms with van der Waals surface area (Å²) >= 11 is 0. The molecule has 1 fully saturated rings. The molecule has 2 aromatic rings. The molecule has 0 unspecified atom stereocenters. The lowest BCUT2D eigenvalue weighted by Gasteiger charge is -2.34. The Morgan fingerprint density at radius 3 is 2.61 bits per heavy atom. The fourth-order valence-corrected chi connectivity index (χ4v) is 4.22. The molecule has 28 heavy (non-hydrogen) atoms. The number of carbonyl (C=O) groups is 1. The van der Waals surface area contributed by atoms with E-state index < -0.39 is 11.7 Å². The third-order valence-electron chi connectivity index (χ3n) is 5.79. The lowest BCUT2D eigenvalue weighted by Crippen LogP contribution is -2.41. The minimum atomic E-state index is -4.50. The summed E-state index contributed by atoms with van der Waals surface area (Å²) in [5.41, 5.74) is -0.277. The van der Waals surface area contributed by atoms with Gasteiger partial charge in [-0.2, -0.15) is 13.2 Å². The fourth-order valence-electron chi connectivity index (χ4n) is 4.22. The SMILES string of the molecule is Cc1noc2nc(C3CCN(C(=O)[C@H]4CC=CCC4)CC3)cc(C(F)(F)F)c12. The van der Waals surface area contributed by atoms with Crippen LogP contribution in [-0.2, 0) is 11.0 Å². The number of rotatable bonds is 2. The van der Waals surface area contributed by atoms with Gasteiger partial charge in [0.05, 0.1) is 16.6 Å². The Labute approximate surface area is 160 Å². The molecule has 4 rings (SSSR count). The van der Waals surface area contributed by atoms with E-state index in [1.807, 2.05) is 4.90 Å². The zero-order valence-corrected chi connectivity index (χ0v) is 15.6. The molecule has 1 aliphatic carbocycles. The van der Waals surface area contributed by atoms with Crippen molar-refractivity contribution in [2.24, 2.45) is 5.92 Å². The highest BCUT2D eigenvalue weighted by Gasteiger charge is 2.37. The minimum Gasteiger partial charge on any atom is -0.342 e. The second-order valence-corrected chi connectivity index (χ2v) is 7.62. The summed E-state index contributed by atoms with van der Waals surface area (Å²) < 4.78 is 45.6. The van der Waals surface area contributed by atoms with Crippen molar-refractivity contribution in [3.05, 3.63) is 35.2 Å². The largest absolute Gasteiger partial charge is 0.417 e. The Hall–Kier alpha value is -2.38. The number of hydrogen-bond donors (Lipinski definition) is 0. The van der Waals surface area contributed by atoms with Crippen LogP contribution in [0, 0.1) is 12.8 Å². The Balaban J connectivity index is 1.52. The summed E-state index contributed by atoms with van der Waals surface area (Å²) in [7, 11) is 0. The van der Waals surface area contributed by atoms with E-state index in [1.54, 1.807) is 0 Å². The van der Waals surface area contributed by atoms with Crippen LogP contribution in [0.1, 0.15) is 55.0 Å². The van der Waals surface area contributed by atoms with Crippen LogP contribution in [0.5, 0.6) is 0 Å². The minimum absolute atomic E-state index is 0.0324. The zero-order valence-electron chi connectivity index (χ0n) is 15.6. The van der Waals surface area contributed by atoms with E-state index >= 15 is 0 Å². The van der Waals surface area contributed by atoms with Crippen LogP contribution in [0.3, 0.4) is 0 Å². The number of likely N-dealkylation sites (tertiary alicyclic amines) is 1. The van der Waals surface area contributed by atoms with E-state index in [-0.39, 0.29) is 34.5 Å². The molecule has 0 aromatic carbocycles. The van der Waals surface area contributed by atoms with Gasteiger partial charge >= 0.3 is 6.18 Å². The van der Waals surface area contributed by atoms with E-state index in [0.29, 0.717) is 31.6 Å². The van der Waals surface area contributed by atoms with Crippen LogP contribution < -0.4 is 0 Å². The van der Waals surface area contributed by atoms with Crippen LogP contribution in [0.15, 0.2) is 22.7 Å². The number of aryl methyl sites for hydroxylation is 1. The van der Waals surface area contributed by atoms with Crippen molar-refractivity contribution >= 4 is 17.0 Å². The van der Waals surface area contributed by atoms with Crippen LogP contribution in [0.4, 0.5) is 13.2 Å². The summed E-state index contributed by atoms with van der Waals surface area (Å²) in [5.74, 6) is 0.0595. The number of carbonyl (C=O) groups excluding carboxylic acids is 1. The van der Waals surface area contributed by atoms with E-state index in [4.69, 9.17) is 4.52 Å². The van der Waals surface area contributed by atoms with Gasteiger partial charge in [-0.3, -0.25) is 4.79 Å². The molecule has 5 nitrogen and oxygen atoms in total. The molecule has 8 heteroatoms. The second kappa shape index (κ2) is 7.22. The number of halogens is 3. The van der Waals surface area contributed by atoms with Crippen molar-refractivity contribution < 1.29 is 22.5 Å². The van der Waals surface area contributed by atoms with E-state index in [9.17, 15) is 18.0 Å². The lowest BCUT2D eigenvalue weighted by atomic mass is 9.89. The molecule has 1 saturated heterocycles. The van der Waals surface area contributed by atoms with Crippen molar-refractivity contribution in [2.45, 2.75) is 51.1 Å². The molecule has 1 amide bonds. The van der Waals surface area contributed by atoms with Crippen molar-refractivity contribution in [2.75, 3.05) is 13.1 Å². The van der Waals surface area contributed by atoms with Gasteiger partial charge in [-0.15, -0.1) is 0 Å². The van der Waals surface area contributed by atoms with E-state index in [1.165, 1.54) is 6.92 Å². The van der Waals surface area contributed by atoms with E-state index in [2.05, 4.69) is 22.3 Å². The van der Waals surface area contributed by atoms with Gasteiger partial charge < -0.3 is 9.42 Å². The van der Waals surface area contributed by atoms with Gasteiger partial charge in [0.15, 0.2) is 0 Å². The van der Waals surface area contributed by atoms with Crippen LogP contribution >= 0.6 is 0 Å². The Morgan fingerprint density at radius 1 is 1.21 bits per heavy atom. The third kappa shape index (κ3) is 3.52. The number of aromatic nitrogens is 2. The molecule has 0 spiro atoms. The van der Waals surface area contributed by atoms with Crippen LogP contribution in [0.25, 0.3) is 11.1 Å². The monoisotopic (exact) mass is 393 g/mol. The standard InChI is InChI=1S/C20H22F3N3O2/c1-12-17-15(20(21,22)23)11-16(24-18(17)28-25-12)13-7-9-26(10-8-13)19(27)14-5-3-2-4-6-14/h2-3,11,13-14H,4-10H2,1H3/t14-/m0/s1. The zero-order chi connectivity index (χ0) is 19.9. The smallest absolute Gasteiger partial charge is 0.342 e. The summed E-state index contributed by atoms with van der Waals surface area (Å²) in [6, 6.07) is 1.13. The van der Waals surface area contributed by atoms with Crippen LogP contribution in [-0.4, -0.2) is 34.0 Å². The van der Waals surface area contributed by atoms with Gasteiger partial charge in [0.1, 0.15) is 0 Å². The van der Waals surface area contributed by atoms with Gasteiger partial charge in [0.25, 0.3) is 5.71 Å². The summed E-state index contributed by atoms with van der Waals surface area (Å²) in [4.78, 5) is 18.8. The predicted octanol–water partition coefficient (Wildman–Crippen LogP) is 4.61. The van der Waals surface area contributed by atoms with Crippen molar-refractivity contribution in [1.29, 1.82) is 0 Å². The first-order valence-corrected chi connectivity index (χ1v) is 9.62. The average Bonchev–Trinajstić information content (AvgIpc) is 3.07. The lowest BCUT2D eigenvalue weighted by molar-refractivity contribution is -0.137. The highest BCUT2D eigenvalue weighted by Crippen LogP contribution is 2.39. The number of nitrogens with zero attached hydrogens (tertiary/aromatic N) is 3. The predicted molar refractivity (Wildman–Crippen MR) is 96.6 cm³/mol. The maximum absolute atomic E-state index is 13.5. The van der Waals surface area contributed by atoms with Gasteiger partial charge in [-0.1, -0.05) is 17.3 Å². The van der Waals surface area contributed by atoms with Crippen molar-refractivity contribution in [3.63, 3.8) is 0 Å². The maximum Gasteiger partial charge on any atom is 0.417 e. The first-order valence-electron chi connectivity index (χ1n) is 9.62. The number of hydrogen-bond acceptors (Lipinski definition) is 4. The van der Waals surface area contributed by atoms with Gasteiger partial charge in [0.2, 0.25) is 5.91 Å². The summed E-state index contributed by atoms with van der Waals surface area (Å²) in [6.07, 6.45) is 3.40. The molecule has 150 valence electrons. The molecule has 3 heterocycles. The Morgan fingerprint density at radius 2 is 1.96 bits per heavy atom. The van der Waals surface area contributed by atoms with Gasteiger partial charge in [0, 0.05) is 30.6 Å². The highest BCUT2D eigenvalue weighted by molar-refractivity contribution is 5.81. The summed E-state index contributed by atoms with van der Waals surface area (Å²) in [5, 5.41) is 3.57. The first kappa shape index (κ1) is 19.0. The second-order valence-electron chi connectivity index (χ2n) is 7.62. The molecule has 2 aliphatic rings. The first-order chi connectivity index (χ1) is 13.3. The average molecular weight is 393 g/mol. The number of fused-ring (bicyclic) bond motifs is 1. The number of allylic oxidation sites excluding steroid dienone is 2. The topological polar surface area (TPSA) is 59.2 Å². The quantitative estimate of drug-likeness (QED) is 0.699. The molecule has 0 bridgehead atoms. The Bertz CT molecular complexity index is 911. The molecular weight excluding hydrogens is 371 g/mol. The number of pyridine rings is 1. The van der Waals surface area contributed by atoms with Gasteiger partial charge in [-0.05, 0) is 45.1 Å². The Kier molecular flexibility index (Phi) is 4.89. The number of alkyl halides is 3.